The predicted molar refractivity (Wildman–Crippen MR) is 135 cm³/mol. The van der Waals surface area contributed by atoms with Crippen LogP contribution in [0.1, 0.15) is 29.9 Å². The van der Waals surface area contributed by atoms with Crippen LogP contribution < -0.4 is 25.8 Å². The molecule has 34 heavy (non-hydrogen) atoms. The summed E-state index contributed by atoms with van der Waals surface area (Å²) in [5.41, 5.74) is 3.01. The average molecular weight is 503 g/mol. The fourth-order valence-electron chi connectivity index (χ4n) is 3.97. The van der Waals surface area contributed by atoms with E-state index in [0.29, 0.717) is 34.7 Å². The second kappa shape index (κ2) is 10.6. The number of nitrogens with one attached hydrogen (secondary N) is 3. The zero-order valence-corrected chi connectivity index (χ0v) is 20.3. The van der Waals surface area contributed by atoms with Crippen molar-refractivity contribution in [3.8, 4) is 5.75 Å². The maximum absolute atomic E-state index is 11.6. The zero-order chi connectivity index (χ0) is 24.1. The molecule has 9 nitrogen and oxygen atoms in total. The van der Waals surface area contributed by atoms with Crippen LogP contribution in [0.15, 0.2) is 48.7 Å². The Hall–Kier alpha value is -2.92. The Morgan fingerprint density at radius 1 is 1.15 bits per heavy atom. The van der Waals surface area contributed by atoms with E-state index in [0.717, 1.165) is 31.6 Å². The SMILES string of the molecule is COc1cc(C2CCNCC2)ccc1Nc1ncc(Cl)c(Nc2ccccc2CS(N)(=O)=O)n1. The number of piperidine rings is 1. The summed E-state index contributed by atoms with van der Waals surface area (Å²) in [6, 6.07) is 13.0. The maximum Gasteiger partial charge on any atom is 0.229 e. The lowest BCUT2D eigenvalue weighted by Crippen LogP contribution is -2.26. The Kier molecular flexibility index (Phi) is 7.52. The number of halogens is 1. The molecule has 0 spiro atoms. The van der Waals surface area contributed by atoms with Crippen LogP contribution in [0.4, 0.5) is 23.1 Å². The molecule has 1 aromatic heterocycles. The van der Waals surface area contributed by atoms with E-state index in [1.165, 1.54) is 11.8 Å². The molecule has 3 aromatic rings. The topological polar surface area (TPSA) is 131 Å². The van der Waals surface area contributed by atoms with Gasteiger partial charge in [-0.15, -0.1) is 0 Å². The summed E-state index contributed by atoms with van der Waals surface area (Å²) in [6.45, 7) is 2.03. The predicted octanol–water partition coefficient (Wildman–Crippen LogP) is 3.88. The number of hydrogen-bond acceptors (Lipinski definition) is 8. The first-order valence-electron chi connectivity index (χ1n) is 10.9. The number of aromatic nitrogens is 2. The molecule has 1 aliphatic heterocycles. The van der Waals surface area contributed by atoms with Crippen molar-refractivity contribution in [2.75, 3.05) is 30.8 Å². The number of hydrogen-bond donors (Lipinski definition) is 4. The monoisotopic (exact) mass is 502 g/mol. The third-order valence-electron chi connectivity index (χ3n) is 5.65. The van der Waals surface area contributed by atoms with Gasteiger partial charge in [-0.2, -0.15) is 4.98 Å². The molecular formula is C23H27ClN6O3S. The van der Waals surface area contributed by atoms with Crippen molar-refractivity contribution in [3.05, 3.63) is 64.8 Å². The van der Waals surface area contributed by atoms with Crippen LogP contribution in [0.5, 0.6) is 5.75 Å². The number of nitrogens with zero attached hydrogens (tertiary/aromatic N) is 2. The summed E-state index contributed by atoms with van der Waals surface area (Å²) in [6.07, 6.45) is 3.66. The van der Waals surface area contributed by atoms with Crippen LogP contribution in [-0.4, -0.2) is 38.6 Å². The van der Waals surface area contributed by atoms with E-state index in [1.54, 1.807) is 31.4 Å². The van der Waals surface area contributed by atoms with Crippen molar-refractivity contribution in [1.29, 1.82) is 0 Å². The van der Waals surface area contributed by atoms with Gasteiger partial charge in [-0.3, -0.25) is 0 Å². The van der Waals surface area contributed by atoms with Gasteiger partial charge in [-0.1, -0.05) is 35.9 Å². The van der Waals surface area contributed by atoms with Gasteiger partial charge in [0, 0.05) is 5.69 Å². The summed E-state index contributed by atoms with van der Waals surface area (Å²) in [7, 11) is -2.08. The Bertz CT molecular complexity index is 1270. The Morgan fingerprint density at radius 2 is 1.91 bits per heavy atom. The Balaban J connectivity index is 1.56. The van der Waals surface area contributed by atoms with E-state index in [-0.39, 0.29) is 10.8 Å². The van der Waals surface area contributed by atoms with Gasteiger partial charge < -0.3 is 20.7 Å². The van der Waals surface area contributed by atoms with E-state index >= 15 is 0 Å². The van der Waals surface area contributed by atoms with E-state index in [4.69, 9.17) is 21.5 Å². The van der Waals surface area contributed by atoms with Crippen LogP contribution in [0.3, 0.4) is 0 Å². The van der Waals surface area contributed by atoms with Crippen LogP contribution in [0.25, 0.3) is 0 Å². The average Bonchev–Trinajstić information content (AvgIpc) is 2.82. The van der Waals surface area contributed by atoms with Gasteiger partial charge >= 0.3 is 0 Å². The van der Waals surface area contributed by atoms with Gasteiger partial charge in [-0.05, 0) is 61.2 Å². The highest BCUT2D eigenvalue weighted by Gasteiger charge is 2.18. The number of nitrogens with two attached hydrogens (primary N) is 1. The third-order valence-corrected chi connectivity index (χ3v) is 6.64. The smallest absolute Gasteiger partial charge is 0.229 e. The Morgan fingerprint density at radius 3 is 2.65 bits per heavy atom. The van der Waals surface area contributed by atoms with Crippen molar-refractivity contribution in [2.24, 2.45) is 5.14 Å². The molecule has 11 heteroatoms. The number of para-hydroxylation sites is 1. The van der Waals surface area contributed by atoms with Gasteiger partial charge in [0.1, 0.15) is 10.8 Å². The molecule has 0 amide bonds. The number of ether oxygens (including phenoxy) is 1. The molecule has 2 aromatic carbocycles. The molecule has 1 fully saturated rings. The largest absolute Gasteiger partial charge is 0.495 e. The number of sulfonamides is 1. The molecule has 0 bridgehead atoms. The molecule has 5 N–H and O–H groups in total. The lowest BCUT2D eigenvalue weighted by molar-refractivity contribution is 0.413. The number of primary sulfonamides is 1. The van der Waals surface area contributed by atoms with Gasteiger partial charge in [-0.25, -0.2) is 18.5 Å². The minimum atomic E-state index is -3.71. The van der Waals surface area contributed by atoms with Gasteiger partial charge in [0.15, 0.2) is 5.82 Å². The molecule has 180 valence electrons. The summed E-state index contributed by atoms with van der Waals surface area (Å²) in [5.74, 6) is 1.52. The summed E-state index contributed by atoms with van der Waals surface area (Å²) in [5, 5.41) is 15.2. The van der Waals surface area contributed by atoms with Crippen molar-refractivity contribution in [1.82, 2.24) is 15.3 Å². The highest BCUT2D eigenvalue weighted by Crippen LogP contribution is 2.34. The van der Waals surface area contributed by atoms with Crippen LogP contribution in [-0.2, 0) is 15.8 Å². The number of methoxy groups -OCH3 is 1. The lowest BCUT2D eigenvalue weighted by atomic mass is 9.90. The molecule has 0 radical (unpaired) electrons. The molecule has 0 saturated carbocycles. The van der Waals surface area contributed by atoms with E-state index in [1.807, 2.05) is 6.07 Å². The second-order valence-corrected chi connectivity index (χ2v) is 10.1. The highest BCUT2D eigenvalue weighted by atomic mass is 35.5. The number of anilines is 4. The fourth-order valence-corrected chi connectivity index (χ4v) is 4.79. The van der Waals surface area contributed by atoms with Crippen LogP contribution in [0.2, 0.25) is 5.02 Å². The van der Waals surface area contributed by atoms with Crippen LogP contribution in [0, 0.1) is 0 Å². The lowest BCUT2D eigenvalue weighted by Gasteiger charge is -2.24. The molecule has 1 aliphatic rings. The summed E-state index contributed by atoms with van der Waals surface area (Å²) >= 11 is 6.31. The first kappa shape index (κ1) is 24.2. The normalized spacial score (nSPS) is 14.6. The number of rotatable bonds is 8. The molecule has 2 heterocycles. The van der Waals surface area contributed by atoms with Crippen molar-refractivity contribution in [3.63, 3.8) is 0 Å². The van der Waals surface area contributed by atoms with Gasteiger partial charge in [0.2, 0.25) is 16.0 Å². The third kappa shape index (κ3) is 6.15. The van der Waals surface area contributed by atoms with Gasteiger partial charge in [0.25, 0.3) is 0 Å². The Labute approximate surface area is 204 Å². The van der Waals surface area contributed by atoms with E-state index < -0.39 is 10.0 Å². The fraction of sp³-hybridized carbons (Fsp3) is 0.304. The molecule has 0 unspecified atom stereocenters. The molecule has 4 rings (SSSR count). The first-order chi connectivity index (χ1) is 16.3. The summed E-state index contributed by atoms with van der Waals surface area (Å²) < 4.78 is 28.8. The summed E-state index contributed by atoms with van der Waals surface area (Å²) in [4.78, 5) is 8.75. The second-order valence-electron chi connectivity index (χ2n) is 8.09. The minimum absolute atomic E-state index is 0.282. The molecule has 0 atom stereocenters. The van der Waals surface area contributed by atoms with E-state index in [9.17, 15) is 8.42 Å². The molecule has 1 saturated heterocycles. The maximum atomic E-state index is 11.6. The zero-order valence-electron chi connectivity index (χ0n) is 18.7. The standard InChI is InChI=1S/C23H27ClN6O3S/c1-33-21-12-16(15-8-10-26-11-9-15)6-7-20(21)29-23-27-13-18(24)22(30-23)28-19-5-3-2-4-17(19)14-34(25,31)32/h2-7,12-13,15,26H,8-11,14H2,1H3,(H2,25,31,32)(H2,27,28,29,30). The highest BCUT2D eigenvalue weighted by molar-refractivity contribution is 7.88. The van der Waals surface area contributed by atoms with Crippen molar-refractivity contribution >= 4 is 44.8 Å². The van der Waals surface area contributed by atoms with Crippen molar-refractivity contribution < 1.29 is 13.2 Å². The van der Waals surface area contributed by atoms with Crippen molar-refractivity contribution in [2.45, 2.75) is 24.5 Å². The molecule has 0 aliphatic carbocycles. The van der Waals surface area contributed by atoms with Crippen LogP contribution >= 0.6 is 11.6 Å². The first-order valence-corrected chi connectivity index (χ1v) is 13.0. The minimum Gasteiger partial charge on any atom is -0.495 e. The van der Waals surface area contributed by atoms with Gasteiger partial charge in [0.05, 0.1) is 24.7 Å². The van der Waals surface area contributed by atoms with E-state index in [2.05, 4.69) is 38.1 Å². The number of benzene rings is 2. The quantitative estimate of drug-likeness (QED) is 0.365. The molecular weight excluding hydrogens is 476 g/mol.